The van der Waals surface area contributed by atoms with Crippen molar-refractivity contribution in [3.8, 4) is 5.75 Å². The van der Waals surface area contributed by atoms with Crippen LogP contribution < -0.4 is 20.3 Å². The Kier molecular flexibility index (Phi) is 9.70. The molecule has 0 aliphatic carbocycles. The standard InChI is InChI=1S/C23H27F2N3O2.2ClH/c1-30-20-13-16-9-10-21(29)28(23(24)25)19(16)12-17(20)14-27-18-8-5-11-26-22(18)15-6-3-2-4-7-15;;/h2-4,6-7,12-13,18,22-23,26-27H,5,8-11,14H2,1H3;2*1H. The minimum Gasteiger partial charge on any atom is -0.496 e. The Hall–Kier alpha value is -1.93. The molecule has 176 valence electrons. The summed E-state index contributed by atoms with van der Waals surface area (Å²) in [5.41, 5.74) is 3.01. The van der Waals surface area contributed by atoms with Crippen molar-refractivity contribution in [1.29, 1.82) is 0 Å². The average molecular weight is 488 g/mol. The molecule has 2 heterocycles. The molecule has 0 aromatic heterocycles. The Labute approximate surface area is 199 Å². The van der Waals surface area contributed by atoms with Gasteiger partial charge >= 0.3 is 6.55 Å². The molecule has 9 heteroatoms. The first-order chi connectivity index (χ1) is 14.6. The molecule has 2 atom stereocenters. The fraction of sp³-hybridized carbons (Fsp3) is 0.435. The normalized spacial score (nSPS) is 20.2. The highest BCUT2D eigenvalue weighted by atomic mass is 35.5. The zero-order valence-corrected chi connectivity index (χ0v) is 19.5. The predicted molar refractivity (Wildman–Crippen MR) is 126 cm³/mol. The summed E-state index contributed by atoms with van der Waals surface area (Å²) < 4.78 is 32.6. The maximum atomic E-state index is 13.5. The summed E-state index contributed by atoms with van der Waals surface area (Å²) in [5, 5.41) is 7.17. The number of hydrogen-bond acceptors (Lipinski definition) is 4. The van der Waals surface area contributed by atoms with E-state index in [4.69, 9.17) is 4.74 Å². The van der Waals surface area contributed by atoms with Crippen molar-refractivity contribution >= 4 is 36.4 Å². The maximum Gasteiger partial charge on any atom is 0.321 e. The summed E-state index contributed by atoms with van der Waals surface area (Å²) in [6, 6.07) is 14.2. The van der Waals surface area contributed by atoms with E-state index in [9.17, 15) is 13.6 Å². The highest BCUT2D eigenvalue weighted by Gasteiger charge is 2.32. The smallest absolute Gasteiger partial charge is 0.321 e. The number of carbonyl (C=O) groups is 1. The second-order valence-corrected chi connectivity index (χ2v) is 7.81. The molecule has 2 N–H and O–H groups in total. The molecule has 0 spiro atoms. The number of alkyl halides is 2. The van der Waals surface area contributed by atoms with E-state index in [-0.39, 0.29) is 43.3 Å². The summed E-state index contributed by atoms with van der Waals surface area (Å²) in [7, 11) is 1.58. The highest BCUT2D eigenvalue weighted by molar-refractivity contribution is 5.96. The SMILES string of the molecule is COc1cc2c(cc1CNC1CCCNC1c1ccccc1)N(C(F)F)C(=O)CC2.Cl.Cl. The number of benzene rings is 2. The number of halogens is 4. The molecule has 1 amide bonds. The van der Waals surface area contributed by atoms with Crippen molar-refractivity contribution < 1.29 is 18.3 Å². The second kappa shape index (κ2) is 11.8. The van der Waals surface area contributed by atoms with Gasteiger partial charge in [-0.25, -0.2) is 0 Å². The molecular weight excluding hydrogens is 459 g/mol. The van der Waals surface area contributed by atoms with Gasteiger partial charge in [-0.1, -0.05) is 30.3 Å². The molecule has 2 aromatic rings. The largest absolute Gasteiger partial charge is 0.496 e. The van der Waals surface area contributed by atoms with Crippen molar-refractivity contribution in [2.75, 3.05) is 18.6 Å². The van der Waals surface area contributed by atoms with Crippen LogP contribution in [-0.2, 0) is 17.8 Å². The van der Waals surface area contributed by atoms with Crippen LogP contribution in [0.2, 0.25) is 0 Å². The van der Waals surface area contributed by atoms with E-state index in [1.165, 1.54) is 5.56 Å². The Morgan fingerprint density at radius 1 is 1.19 bits per heavy atom. The van der Waals surface area contributed by atoms with Gasteiger partial charge < -0.3 is 15.4 Å². The number of hydrogen-bond donors (Lipinski definition) is 2. The molecule has 2 aliphatic heterocycles. The molecule has 5 nitrogen and oxygen atoms in total. The molecule has 1 fully saturated rings. The Morgan fingerprint density at radius 3 is 2.62 bits per heavy atom. The van der Waals surface area contributed by atoms with Crippen LogP contribution in [-0.4, -0.2) is 32.2 Å². The number of piperidine rings is 1. The molecule has 2 unspecified atom stereocenters. The summed E-state index contributed by atoms with van der Waals surface area (Å²) in [6.07, 6.45) is 2.62. The molecular formula is C23H29Cl2F2N3O2. The first-order valence-corrected chi connectivity index (χ1v) is 10.4. The van der Waals surface area contributed by atoms with Gasteiger partial charge in [0.05, 0.1) is 12.8 Å². The predicted octanol–water partition coefficient (Wildman–Crippen LogP) is 4.62. The molecule has 0 radical (unpaired) electrons. The van der Waals surface area contributed by atoms with Gasteiger partial charge in [0.25, 0.3) is 0 Å². The highest BCUT2D eigenvalue weighted by Crippen LogP contribution is 2.36. The fourth-order valence-corrected chi connectivity index (χ4v) is 4.48. The van der Waals surface area contributed by atoms with Crippen molar-refractivity contribution in [2.24, 2.45) is 0 Å². The van der Waals surface area contributed by atoms with Crippen LogP contribution in [0.25, 0.3) is 0 Å². The number of aryl methyl sites for hydroxylation is 1. The Bertz CT molecular complexity index is 902. The number of fused-ring (bicyclic) bond motifs is 1. The lowest BCUT2D eigenvalue weighted by molar-refractivity contribution is -0.121. The number of methoxy groups -OCH3 is 1. The van der Waals surface area contributed by atoms with Gasteiger partial charge in [-0.2, -0.15) is 8.78 Å². The maximum absolute atomic E-state index is 13.5. The van der Waals surface area contributed by atoms with Crippen LogP contribution in [0.15, 0.2) is 42.5 Å². The van der Waals surface area contributed by atoms with E-state index < -0.39 is 12.5 Å². The second-order valence-electron chi connectivity index (χ2n) is 7.81. The van der Waals surface area contributed by atoms with Gasteiger partial charge in [-0.3, -0.25) is 9.69 Å². The van der Waals surface area contributed by atoms with E-state index in [1.54, 1.807) is 19.2 Å². The number of amides is 1. The van der Waals surface area contributed by atoms with Gasteiger partial charge in [0.2, 0.25) is 5.91 Å². The van der Waals surface area contributed by atoms with Gasteiger partial charge in [-0.05, 0) is 49.1 Å². The van der Waals surface area contributed by atoms with Gasteiger partial charge in [0.1, 0.15) is 5.75 Å². The van der Waals surface area contributed by atoms with E-state index in [2.05, 4.69) is 22.8 Å². The van der Waals surface area contributed by atoms with E-state index in [0.717, 1.165) is 30.5 Å². The van der Waals surface area contributed by atoms with Crippen LogP contribution in [0.1, 0.15) is 42.0 Å². The zero-order valence-electron chi connectivity index (χ0n) is 17.9. The molecule has 32 heavy (non-hydrogen) atoms. The molecule has 2 aromatic carbocycles. The number of nitrogens with zero attached hydrogens (tertiary/aromatic N) is 1. The van der Waals surface area contributed by atoms with E-state index in [0.29, 0.717) is 29.3 Å². The third-order valence-electron chi connectivity index (χ3n) is 5.99. The Balaban J connectivity index is 0.00000181. The lowest BCUT2D eigenvalue weighted by Crippen LogP contribution is -2.45. The van der Waals surface area contributed by atoms with Crippen molar-refractivity contribution in [3.63, 3.8) is 0 Å². The van der Waals surface area contributed by atoms with Crippen LogP contribution in [0.5, 0.6) is 5.75 Å². The van der Waals surface area contributed by atoms with Gasteiger partial charge in [0.15, 0.2) is 0 Å². The lowest BCUT2D eigenvalue weighted by Gasteiger charge is -2.34. The molecule has 4 rings (SSSR count). The molecule has 0 saturated carbocycles. The third kappa shape index (κ3) is 5.52. The quantitative estimate of drug-likeness (QED) is 0.583. The summed E-state index contributed by atoms with van der Waals surface area (Å²) in [5.74, 6) is 0.118. The number of rotatable bonds is 6. The molecule has 1 saturated heterocycles. The molecule has 2 aliphatic rings. The van der Waals surface area contributed by atoms with E-state index in [1.807, 2.05) is 18.2 Å². The number of carbonyl (C=O) groups excluding carboxylic acids is 1. The zero-order chi connectivity index (χ0) is 21.1. The van der Waals surface area contributed by atoms with Gasteiger partial charge in [0, 0.05) is 30.6 Å². The lowest BCUT2D eigenvalue weighted by atomic mass is 9.92. The van der Waals surface area contributed by atoms with Crippen molar-refractivity contribution in [2.45, 2.75) is 50.9 Å². The first-order valence-electron chi connectivity index (χ1n) is 10.4. The summed E-state index contributed by atoms with van der Waals surface area (Å²) in [6.45, 7) is -1.42. The summed E-state index contributed by atoms with van der Waals surface area (Å²) in [4.78, 5) is 12.7. The van der Waals surface area contributed by atoms with Crippen LogP contribution in [0.4, 0.5) is 14.5 Å². The Morgan fingerprint density at radius 2 is 1.94 bits per heavy atom. The topological polar surface area (TPSA) is 53.6 Å². The average Bonchev–Trinajstić information content (AvgIpc) is 2.77. The van der Waals surface area contributed by atoms with Crippen LogP contribution >= 0.6 is 24.8 Å². The monoisotopic (exact) mass is 487 g/mol. The van der Waals surface area contributed by atoms with Gasteiger partial charge in [-0.15, -0.1) is 24.8 Å². The van der Waals surface area contributed by atoms with Crippen molar-refractivity contribution in [3.05, 3.63) is 59.2 Å². The molecule has 0 bridgehead atoms. The minimum atomic E-state index is -2.85. The summed E-state index contributed by atoms with van der Waals surface area (Å²) >= 11 is 0. The number of anilines is 1. The van der Waals surface area contributed by atoms with Crippen LogP contribution in [0.3, 0.4) is 0 Å². The third-order valence-corrected chi connectivity index (χ3v) is 5.99. The van der Waals surface area contributed by atoms with Crippen molar-refractivity contribution in [1.82, 2.24) is 10.6 Å². The minimum absolute atomic E-state index is 0. The van der Waals surface area contributed by atoms with E-state index >= 15 is 0 Å². The fourth-order valence-electron chi connectivity index (χ4n) is 4.48. The number of ether oxygens (including phenoxy) is 1. The first kappa shape index (κ1) is 26.3. The number of nitrogens with one attached hydrogen (secondary N) is 2. The van der Waals surface area contributed by atoms with Crippen LogP contribution in [0, 0.1) is 0 Å².